The summed E-state index contributed by atoms with van der Waals surface area (Å²) in [5.41, 5.74) is 0.241. The van der Waals surface area contributed by atoms with Gasteiger partial charge in [0.25, 0.3) is 0 Å². The molecule has 0 aliphatic heterocycles. The van der Waals surface area contributed by atoms with Gasteiger partial charge in [-0.1, -0.05) is 57.0 Å². The van der Waals surface area contributed by atoms with E-state index in [0.29, 0.717) is 46.4 Å². The predicted octanol–water partition coefficient (Wildman–Crippen LogP) is 5.56. The Hall–Kier alpha value is -0.683. The molecule has 0 spiro atoms. The van der Waals surface area contributed by atoms with E-state index in [2.05, 4.69) is 27.7 Å². The molecule has 0 bridgehead atoms. The Morgan fingerprint density at radius 1 is 0.964 bits per heavy atom. The van der Waals surface area contributed by atoms with Crippen molar-refractivity contribution in [2.45, 2.75) is 27.7 Å². The number of hydrogen-bond acceptors (Lipinski definition) is 3. The molecule has 7 heteroatoms. The number of carbonyl (C=O) groups excluding carboxylic acids is 1. The molecule has 148 valence electrons. The van der Waals surface area contributed by atoms with E-state index in [9.17, 15) is 4.79 Å². The zero-order valence-electron chi connectivity index (χ0n) is 16.0. The fraction of sp³-hybridized carbons (Fsp3) is 0.381. The van der Waals surface area contributed by atoms with Crippen LogP contribution in [-0.4, -0.2) is 37.6 Å². The first kappa shape index (κ1) is 25.4. The molecule has 1 unspecified atom stereocenters. The molecule has 28 heavy (non-hydrogen) atoms. The van der Waals surface area contributed by atoms with E-state index in [1.807, 2.05) is 18.2 Å². The average molecular weight is 435 g/mol. The second-order valence-electron chi connectivity index (χ2n) is 7.12. The van der Waals surface area contributed by atoms with Crippen LogP contribution < -0.4 is 14.8 Å². The summed E-state index contributed by atoms with van der Waals surface area (Å²) in [6.07, 6.45) is 0. The van der Waals surface area contributed by atoms with Crippen LogP contribution in [0.5, 0.6) is 11.5 Å². The van der Waals surface area contributed by atoms with Crippen LogP contribution >= 0.6 is 31.8 Å². The third-order valence-electron chi connectivity index (χ3n) is 3.55. The maximum absolute atomic E-state index is 12.8. The van der Waals surface area contributed by atoms with E-state index < -0.39 is 0 Å². The number of rotatable bonds is 9. The molecular weight excluding hydrogens is 409 g/mol. The van der Waals surface area contributed by atoms with Crippen molar-refractivity contribution in [2.24, 2.45) is 11.8 Å². The molecule has 0 aliphatic rings. The topological polar surface area (TPSA) is 35.5 Å². The molecule has 0 amide bonds. The molecule has 2 aromatic carbocycles. The van der Waals surface area contributed by atoms with Crippen LogP contribution in [-0.2, 0) is 0 Å². The zero-order chi connectivity index (χ0) is 20.0. The van der Waals surface area contributed by atoms with Gasteiger partial charge < -0.3 is 9.47 Å². The third kappa shape index (κ3) is 7.62. The van der Waals surface area contributed by atoms with Crippen LogP contribution in [0, 0.1) is 11.8 Å². The Bertz CT molecular complexity index is 777. The van der Waals surface area contributed by atoms with Crippen LogP contribution in [0.2, 0.25) is 10.0 Å². The molecular formula is C21H26Cl2LiO3P. The number of hydrogen-bond donors (Lipinski definition) is 0. The molecule has 0 saturated carbocycles. The van der Waals surface area contributed by atoms with Crippen LogP contribution in [0.4, 0.5) is 0 Å². The van der Waals surface area contributed by atoms with Gasteiger partial charge in [-0.3, -0.25) is 4.79 Å². The van der Waals surface area contributed by atoms with Crippen molar-refractivity contribution in [3.8, 4) is 11.5 Å². The predicted molar refractivity (Wildman–Crippen MR) is 123 cm³/mol. The fourth-order valence-corrected chi connectivity index (χ4v) is 4.03. The SMILES string of the molecule is CC(C)COc1ccc(PC(=O)c2c(Cl)cccc2Cl)c(OCC(C)C)c1.[LiH]. The molecule has 0 heterocycles. The summed E-state index contributed by atoms with van der Waals surface area (Å²) in [7, 11) is -0.144. The minimum atomic E-state index is -0.144. The molecule has 3 nitrogen and oxygen atoms in total. The van der Waals surface area contributed by atoms with Gasteiger partial charge in [0.15, 0.2) is 5.52 Å². The number of ether oxygens (including phenoxy) is 2. The molecule has 0 radical (unpaired) electrons. The van der Waals surface area contributed by atoms with Gasteiger partial charge in [0.05, 0.1) is 28.8 Å². The second-order valence-corrected chi connectivity index (χ2v) is 9.18. The van der Waals surface area contributed by atoms with Gasteiger partial charge in [-0.05, 0) is 44.7 Å². The van der Waals surface area contributed by atoms with Crippen LogP contribution in [0.1, 0.15) is 38.1 Å². The Morgan fingerprint density at radius 2 is 1.54 bits per heavy atom. The van der Waals surface area contributed by atoms with E-state index in [1.165, 1.54) is 0 Å². The van der Waals surface area contributed by atoms with Gasteiger partial charge in [0.1, 0.15) is 11.5 Å². The van der Waals surface area contributed by atoms with E-state index in [-0.39, 0.29) is 33.0 Å². The molecule has 2 rings (SSSR count). The van der Waals surface area contributed by atoms with Crippen molar-refractivity contribution in [3.05, 3.63) is 52.0 Å². The van der Waals surface area contributed by atoms with E-state index in [0.717, 1.165) is 11.1 Å². The van der Waals surface area contributed by atoms with Gasteiger partial charge in [-0.2, -0.15) is 0 Å². The van der Waals surface area contributed by atoms with Gasteiger partial charge in [0.2, 0.25) is 0 Å². The maximum atomic E-state index is 12.8. The molecule has 1 atom stereocenters. The molecule has 0 saturated heterocycles. The summed E-state index contributed by atoms with van der Waals surface area (Å²) in [6, 6.07) is 10.7. The van der Waals surface area contributed by atoms with Gasteiger partial charge in [-0.15, -0.1) is 0 Å². The quantitative estimate of drug-likeness (QED) is 0.382. The van der Waals surface area contributed by atoms with Gasteiger partial charge in [0, 0.05) is 11.4 Å². The van der Waals surface area contributed by atoms with E-state index in [4.69, 9.17) is 32.7 Å². The van der Waals surface area contributed by atoms with Gasteiger partial charge >= 0.3 is 18.9 Å². The summed E-state index contributed by atoms with van der Waals surface area (Å²) in [5.74, 6) is 2.20. The van der Waals surface area contributed by atoms with Crippen molar-refractivity contribution in [1.29, 1.82) is 0 Å². The third-order valence-corrected chi connectivity index (χ3v) is 5.34. The Kier molecular flexibility index (Phi) is 11.0. The standard InChI is InChI=1S/C21H25Cl2O3P.Li.H/c1-13(2)11-25-15-8-9-19(18(10-15)26-12-14(3)4)27-21(24)20-16(22)6-5-7-17(20)23;;/h5-10,13-14,27H,11-12H2,1-4H3;;. The van der Waals surface area contributed by atoms with Crippen molar-refractivity contribution < 1.29 is 14.3 Å². The molecule has 0 aliphatic carbocycles. The van der Waals surface area contributed by atoms with E-state index >= 15 is 0 Å². The first-order valence-corrected chi connectivity index (χ1v) is 10.7. The Morgan fingerprint density at radius 3 is 2.11 bits per heavy atom. The summed E-state index contributed by atoms with van der Waals surface area (Å²) >= 11 is 12.4. The van der Waals surface area contributed by atoms with Crippen LogP contribution in [0.25, 0.3) is 0 Å². The number of benzene rings is 2. The first-order chi connectivity index (χ1) is 12.8. The molecule has 0 fully saturated rings. The van der Waals surface area contributed by atoms with Crippen molar-refractivity contribution >= 4 is 61.5 Å². The van der Waals surface area contributed by atoms with Crippen LogP contribution in [0.3, 0.4) is 0 Å². The minimum absolute atomic E-state index is 0. The summed E-state index contributed by atoms with van der Waals surface area (Å²) in [4.78, 5) is 12.8. The average Bonchev–Trinajstić information content (AvgIpc) is 2.59. The second kappa shape index (κ2) is 12.1. The molecule has 0 aromatic heterocycles. The summed E-state index contributed by atoms with van der Waals surface area (Å²) < 4.78 is 11.7. The van der Waals surface area contributed by atoms with Crippen molar-refractivity contribution in [2.75, 3.05) is 13.2 Å². The molecule has 2 aromatic rings. The van der Waals surface area contributed by atoms with Gasteiger partial charge in [-0.25, -0.2) is 0 Å². The van der Waals surface area contributed by atoms with Crippen molar-refractivity contribution in [1.82, 2.24) is 0 Å². The van der Waals surface area contributed by atoms with Crippen molar-refractivity contribution in [3.63, 3.8) is 0 Å². The normalized spacial score (nSPS) is 11.1. The summed E-state index contributed by atoms with van der Waals surface area (Å²) in [6.45, 7) is 9.53. The Balaban J connectivity index is 0.00000392. The number of carbonyl (C=O) groups is 1. The van der Waals surface area contributed by atoms with E-state index in [1.54, 1.807) is 18.2 Å². The number of halogens is 2. The molecule has 0 N–H and O–H groups in total. The Labute approximate surface area is 191 Å². The summed E-state index contributed by atoms with van der Waals surface area (Å²) in [5, 5.41) is 1.54. The first-order valence-electron chi connectivity index (χ1n) is 8.93. The zero-order valence-corrected chi connectivity index (χ0v) is 18.5. The fourth-order valence-electron chi connectivity index (χ4n) is 2.23. The van der Waals surface area contributed by atoms with Crippen LogP contribution in [0.15, 0.2) is 36.4 Å². The monoisotopic (exact) mass is 434 g/mol.